The molecule has 0 N–H and O–H groups in total. The lowest BCUT2D eigenvalue weighted by atomic mass is 10.1. The van der Waals surface area contributed by atoms with Gasteiger partial charge in [0.2, 0.25) is 0 Å². The van der Waals surface area contributed by atoms with E-state index >= 15 is 0 Å². The fraction of sp³-hybridized carbons (Fsp3) is 0.286. The first-order valence-electron chi connectivity index (χ1n) is 9.14. The van der Waals surface area contributed by atoms with Gasteiger partial charge in [0.1, 0.15) is 23.5 Å². The summed E-state index contributed by atoms with van der Waals surface area (Å²) < 4.78 is 7.87. The summed E-state index contributed by atoms with van der Waals surface area (Å²) in [6.45, 7) is 2.59. The number of fused-ring (bicyclic) bond motifs is 1. The highest BCUT2D eigenvalue weighted by Gasteiger charge is 2.25. The molecular formula is C21H22N4O2. The Hall–Kier alpha value is -3.15. The molecule has 27 heavy (non-hydrogen) atoms. The highest BCUT2D eigenvalue weighted by atomic mass is 16.5. The number of para-hydroxylation sites is 1. The zero-order chi connectivity index (χ0) is 18.8. The normalized spacial score (nSPS) is 15.3. The topological polar surface area (TPSA) is 60.2 Å². The number of ether oxygens (including phenoxy) is 1. The molecular weight excluding hydrogens is 340 g/mol. The van der Waals surface area contributed by atoms with Gasteiger partial charge in [-0.25, -0.2) is 9.97 Å². The van der Waals surface area contributed by atoms with Gasteiger partial charge in [-0.2, -0.15) is 0 Å². The molecule has 1 atom stereocenters. The van der Waals surface area contributed by atoms with E-state index in [-0.39, 0.29) is 12.0 Å². The number of amides is 1. The summed E-state index contributed by atoms with van der Waals surface area (Å²) in [6, 6.07) is 11.7. The van der Waals surface area contributed by atoms with Crippen LogP contribution in [0.2, 0.25) is 0 Å². The summed E-state index contributed by atoms with van der Waals surface area (Å²) in [4.78, 5) is 23.2. The highest BCUT2D eigenvalue weighted by Crippen LogP contribution is 2.28. The largest absolute Gasteiger partial charge is 0.488 e. The van der Waals surface area contributed by atoms with E-state index in [1.165, 1.54) is 5.56 Å². The summed E-state index contributed by atoms with van der Waals surface area (Å²) in [7, 11) is 1.80. The van der Waals surface area contributed by atoms with E-state index in [1.807, 2.05) is 41.1 Å². The summed E-state index contributed by atoms with van der Waals surface area (Å²) in [5.74, 6) is 2.56. The van der Waals surface area contributed by atoms with Crippen molar-refractivity contribution in [3.8, 4) is 11.6 Å². The van der Waals surface area contributed by atoms with Crippen molar-refractivity contribution in [1.29, 1.82) is 0 Å². The molecule has 0 unspecified atom stereocenters. The number of nitrogens with zero attached hydrogens (tertiary/aromatic N) is 4. The maximum atomic E-state index is 12.7. The molecule has 0 aliphatic carbocycles. The molecule has 138 valence electrons. The van der Waals surface area contributed by atoms with Crippen molar-refractivity contribution < 1.29 is 9.53 Å². The van der Waals surface area contributed by atoms with Crippen molar-refractivity contribution in [2.75, 3.05) is 13.6 Å². The standard InChI is InChI=1S/C21H22N4O2/c1-3-19-22-10-11-25(19)20-9-8-16(13-23-20)21(26)24(2)14-17-12-15-6-4-5-7-18(15)27-17/h4-11,13,17H,3,12,14H2,1-2H3/t17-/m0/s1. The number of pyridine rings is 1. The quantitative estimate of drug-likeness (QED) is 0.700. The van der Waals surface area contributed by atoms with Crippen LogP contribution in [0, 0.1) is 0 Å². The molecule has 0 radical (unpaired) electrons. The first-order valence-corrected chi connectivity index (χ1v) is 9.14. The second kappa shape index (κ2) is 7.23. The third-order valence-corrected chi connectivity index (χ3v) is 4.81. The maximum Gasteiger partial charge on any atom is 0.255 e. The Bertz CT molecular complexity index is 924. The van der Waals surface area contributed by atoms with Gasteiger partial charge < -0.3 is 9.64 Å². The lowest BCUT2D eigenvalue weighted by Crippen LogP contribution is -2.36. The van der Waals surface area contributed by atoms with Crippen molar-refractivity contribution in [3.05, 3.63) is 71.9 Å². The van der Waals surface area contributed by atoms with Crippen LogP contribution >= 0.6 is 0 Å². The maximum absolute atomic E-state index is 12.7. The minimum Gasteiger partial charge on any atom is -0.488 e. The molecule has 0 fully saturated rings. The first kappa shape index (κ1) is 17.3. The van der Waals surface area contributed by atoms with Crippen LogP contribution in [0.25, 0.3) is 5.82 Å². The molecule has 6 heteroatoms. The molecule has 3 aromatic rings. The third-order valence-electron chi connectivity index (χ3n) is 4.81. The number of hydrogen-bond donors (Lipinski definition) is 0. The number of carbonyl (C=O) groups excluding carboxylic acids is 1. The fourth-order valence-electron chi connectivity index (χ4n) is 3.42. The van der Waals surface area contributed by atoms with Gasteiger partial charge in [-0.15, -0.1) is 0 Å². The predicted molar refractivity (Wildman–Crippen MR) is 102 cm³/mol. The smallest absolute Gasteiger partial charge is 0.255 e. The highest BCUT2D eigenvalue weighted by molar-refractivity contribution is 5.93. The van der Waals surface area contributed by atoms with Gasteiger partial charge in [0, 0.05) is 38.5 Å². The number of hydrogen-bond acceptors (Lipinski definition) is 4. The molecule has 0 saturated heterocycles. The molecule has 1 aliphatic rings. The van der Waals surface area contributed by atoms with Crippen LogP contribution in [0.1, 0.15) is 28.7 Å². The number of rotatable bonds is 5. The molecule has 1 amide bonds. The molecule has 3 heterocycles. The molecule has 0 spiro atoms. The molecule has 0 bridgehead atoms. The minimum absolute atomic E-state index is 0.0124. The Kier molecular flexibility index (Phi) is 4.62. The molecule has 1 aromatic carbocycles. The van der Waals surface area contributed by atoms with E-state index in [9.17, 15) is 4.79 Å². The van der Waals surface area contributed by atoms with Crippen LogP contribution in [0.15, 0.2) is 55.0 Å². The number of benzene rings is 1. The van der Waals surface area contributed by atoms with Crippen molar-refractivity contribution in [3.63, 3.8) is 0 Å². The van der Waals surface area contributed by atoms with Gasteiger partial charge in [-0.1, -0.05) is 25.1 Å². The Morgan fingerprint density at radius 3 is 2.85 bits per heavy atom. The minimum atomic E-state index is -0.0602. The van der Waals surface area contributed by atoms with Crippen LogP contribution in [-0.4, -0.2) is 45.0 Å². The van der Waals surface area contributed by atoms with Crippen LogP contribution in [0.5, 0.6) is 5.75 Å². The zero-order valence-electron chi connectivity index (χ0n) is 15.5. The van der Waals surface area contributed by atoms with E-state index in [1.54, 1.807) is 24.3 Å². The third kappa shape index (κ3) is 3.43. The lowest BCUT2D eigenvalue weighted by Gasteiger charge is -2.21. The number of aromatic nitrogens is 3. The molecule has 4 rings (SSSR count). The van der Waals surface area contributed by atoms with E-state index in [0.717, 1.165) is 30.2 Å². The predicted octanol–water partition coefficient (Wildman–Crippen LogP) is 2.91. The monoisotopic (exact) mass is 362 g/mol. The van der Waals surface area contributed by atoms with Crippen molar-refractivity contribution in [2.45, 2.75) is 25.9 Å². The number of aryl methyl sites for hydroxylation is 1. The van der Waals surface area contributed by atoms with Crippen molar-refractivity contribution in [2.24, 2.45) is 0 Å². The summed E-state index contributed by atoms with van der Waals surface area (Å²) >= 11 is 0. The van der Waals surface area contributed by atoms with Crippen LogP contribution in [0.4, 0.5) is 0 Å². The lowest BCUT2D eigenvalue weighted by molar-refractivity contribution is 0.0730. The number of imidazole rings is 1. The van der Waals surface area contributed by atoms with Gasteiger partial charge in [0.05, 0.1) is 12.1 Å². The van der Waals surface area contributed by atoms with E-state index < -0.39 is 0 Å². The Morgan fingerprint density at radius 2 is 2.11 bits per heavy atom. The SMILES string of the molecule is CCc1nccn1-c1ccc(C(=O)N(C)C[C@@H]2Cc3ccccc3O2)cn1. The number of carbonyl (C=O) groups is 1. The van der Waals surface area contributed by atoms with Crippen LogP contribution < -0.4 is 4.74 Å². The van der Waals surface area contributed by atoms with Crippen LogP contribution in [0.3, 0.4) is 0 Å². The molecule has 2 aromatic heterocycles. The Balaban J connectivity index is 1.42. The van der Waals surface area contributed by atoms with E-state index in [4.69, 9.17) is 4.74 Å². The van der Waals surface area contributed by atoms with Crippen molar-refractivity contribution >= 4 is 5.91 Å². The van der Waals surface area contributed by atoms with Crippen LogP contribution in [-0.2, 0) is 12.8 Å². The number of likely N-dealkylation sites (N-methyl/N-ethyl adjacent to an activating group) is 1. The molecule has 0 saturated carbocycles. The van der Waals surface area contributed by atoms with Crippen molar-refractivity contribution in [1.82, 2.24) is 19.4 Å². The second-order valence-electron chi connectivity index (χ2n) is 6.71. The zero-order valence-corrected chi connectivity index (χ0v) is 15.5. The fourth-order valence-corrected chi connectivity index (χ4v) is 3.42. The van der Waals surface area contributed by atoms with Gasteiger partial charge in [-0.05, 0) is 23.8 Å². The second-order valence-corrected chi connectivity index (χ2v) is 6.71. The average Bonchev–Trinajstić information content (AvgIpc) is 3.33. The molecule has 1 aliphatic heterocycles. The van der Waals surface area contributed by atoms with Gasteiger partial charge in [-0.3, -0.25) is 9.36 Å². The Labute approximate surface area is 158 Å². The Morgan fingerprint density at radius 1 is 1.26 bits per heavy atom. The first-order chi connectivity index (χ1) is 13.2. The average molecular weight is 362 g/mol. The van der Waals surface area contributed by atoms with Gasteiger partial charge in [0.25, 0.3) is 5.91 Å². The summed E-state index contributed by atoms with van der Waals surface area (Å²) in [5.41, 5.74) is 1.76. The van der Waals surface area contributed by atoms with E-state index in [0.29, 0.717) is 12.1 Å². The molecule has 6 nitrogen and oxygen atoms in total. The van der Waals surface area contributed by atoms with Gasteiger partial charge >= 0.3 is 0 Å². The van der Waals surface area contributed by atoms with Gasteiger partial charge in [0.15, 0.2) is 0 Å². The summed E-state index contributed by atoms with van der Waals surface area (Å²) in [6.07, 6.45) is 6.89. The summed E-state index contributed by atoms with van der Waals surface area (Å²) in [5, 5.41) is 0. The van der Waals surface area contributed by atoms with E-state index in [2.05, 4.69) is 23.0 Å².